The highest BCUT2D eigenvalue weighted by Crippen LogP contribution is 2.27. The molecule has 0 atom stereocenters. The molecule has 4 rings (SSSR count). The summed E-state index contributed by atoms with van der Waals surface area (Å²) in [6.45, 7) is 6.16. The number of aryl methyl sites for hydroxylation is 1. The average Bonchev–Trinajstić information content (AvgIpc) is 3.09. The van der Waals surface area contributed by atoms with Crippen molar-refractivity contribution < 1.29 is 19.4 Å². The molecule has 9 heteroatoms. The Balaban J connectivity index is 1.69. The number of nitrogens with zero attached hydrogens (tertiary/aromatic N) is 4. The number of rotatable bonds is 8. The number of amides is 1. The van der Waals surface area contributed by atoms with Crippen molar-refractivity contribution in [2.24, 2.45) is 4.99 Å². The zero-order valence-electron chi connectivity index (χ0n) is 25.0. The summed E-state index contributed by atoms with van der Waals surface area (Å²) in [6, 6.07) is 14.8. The summed E-state index contributed by atoms with van der Waals surface area (Å²) in [4.78, 5) is 39.5. The number of aromatic amines is 1. The molecule has 1 amide bonds. The van der Waals surface area contributed by atoms with E-state index in [-0.39, 0.29) is 11.8 Å². The summed E-state index contributed by atoms with van der Waals surface area (Å²) in [5.41, 5.74) is 4.95. The monoisotopic (exact) mass is 571 g/mol. The van der Waals surface area contributed by atoms with E-state index in [1.165, 1.54) is 13.3 Å². The van der Waals surface area contributed by atoms with Gasteiger partial charge in [-0.2, -0.15) is 0 Å². The highest BCUT2D eigenvalue weighted by atomic mass is 16.5. The number of aromatic nitrogens is 1. The van der Waals surface area contributed by atoms with Gasteiger partial charge in [0.15, 0.2) is 5.88 Å². The van der Waals surface area contributed by atoms with E-state index < -0.39 is 5.97 Å². The maximum atomic E-state index is 13.0. The summed E-state index contributed by atoms with van der Waals surface area (Å²) in [6.07, 6.45) is 7.33. The molecule has 0 unspecified atom stereocenters. The molecular formula is C33H41N5O4. The number of ether oxygens (including phenoxy) is 1. The largest absolute Gasteiger partial charge is 0.494 e. The standard InChI is InChI=1S/C33H41N5O4/c1-5-24-11-12-26(33(41)42-4)17-18-34-32(40)30(24)31(25-9-7-6-8-10-25)35-27-13-15-28(16-14-27)37(3)29(39)23-38-21-19-36(2)20-22-38/h6-13,15,17-18,34,40H,5,14,16,19-23H2,1-4H3. The highest BCUT2D eigenvalue weighted by molar-refractivity contribution is 6.15. The zero-order chi connectivity index (χ0) is 30.1. The van der Waals surface area contributed by atoms with E-state index in [1.807, 2.05) is 62.5 Å². The predicted molar refractivity (Wildman–Crippen MR) is 165 cm³/mol. The molecule has 2 heterocycles. The lowest BCUT2D eigenvalue weighted by atomic mass is 9.97. The lowest BCUT2D eigenvalue weighted by Gasteiger charge is -2.33. The van der Waals surface area contributed by atoms with Gasteiger partial charge in [-0.1, -0.05) is 43.3 Å². The zero-order valence-corrected chi connectivity index (χ0v) is 25.0. The summed E-state index contributed by atoms with van der Waals surface area (Å²) in [7, 11) is 5.28. The quantitative estimate of drug-likeness (QED) is 0.362. The number of hydrogen-bond acceptors (Lipinski definition) is 7. The van der Waals surface area contributed by atoms with Crippen LogP contribution in [0.15, 0.2) is 83.3 Å². The van der Waals surface area contributed by atoms with Crippen molar-refractivity contribution in [1.82, 2.24) is 19.7 Å². The van der Waals surface area contributed by atoms with Gasteiger partial charge in [-0.05, 0) is 56.2 Å². The lowest BCUT2D eigenvalue weighted by molar-refractivity contribution is -0.129. The molecule has 2 aliphatic rings. The number of piperazine rings is 1. The van der Waals surface area contributed by atoms with E-state index >= 15 is 0 Å². The van der Waals surface area contributed by atoms with E-state index in [1.54, 1.807) is 17.0 Å². The maximum absolute atomic E-state index is 13.0. The number of esters is 1. The summed E-state index contributed by atoms with van der Waals surface area (Å²) >= 11 is 0. The summed E-state index contributed by atoms with van der Waals surface area (Å²) < 4.78 is 4.89. The number of aliphatic imine (C=N–C) groups is 1. The third kappa shape index (κ3) is 7.74. The van der Waals surface area contributed by atoms with Gasteiger partial charge in [-0.25, -0.2) is 4.79 Å². The van der Waals surface area contributed by atoms with Gasteiger partial charge >= 0.3 is 5.97 Å². The number of nitrogens with one attached hydrogen (secondary N) is 1. The highest BCUT2D eigenvalue weighted by Gasteiger charge is 2.22. The van der Waals surface area contributed by atoms with E-state index in [0.29, 0.717) is 42.6 Å². The first-order valence-electron chi connectivity index (χ1n) is 14.4. The molecule has 1 saturated heterocycles. The molecule has 1 aliphatic carbocycles. The van der Waals surface area contributed by atoms with Gasteiger partial charge in [-0.15, -0.1) is 0 Å². The number of likely N-dealkylation sites (N-methyl/N-ethyl adjacent to an activating group) is 2. The van der Waals surface area contributed by atoms with Crippen LogP contribution < -0.4 is 0 Å². The minimum atomic E-state index is -0.471. The van der Waals surface area contributed by atoms with Crippen LogP contribution in [0.1, 0.15) is 46.8 Å². The van der Waals surface area contributed by atoms with Gasteiger partial charge in [0.2, 0.25) is 5.91 Å². The van der Waals surface area contributed by atoms with Crippen LogP contribution in [0.4, 0.5) is 0 Å². The number of hydrogen-bond donors (Lipinski definition) is 2. The minimum Gasteiger partial charge on any atom is -0.494 e. The Labute approximate surface area is 248 Å². The number of aromatic hydroxyl groups is 1. The Morgan fingerprint density at radius 3 is 2.38 bits per heavy atom. The van der Waals surface area contributed by atoms with Crippen LogP contribution >= 0.6 is 0 Å². The summed E-state index contributed by atoms with van der Waals surface area (Å²) in [5.74, 6) is -0.446. The fourth-order valence-electron chi connectivity index (χ4n) is 5.03. The van der Waals surface area contributed by atoms with E-state index in [2.05, 4.69) is 21.8 Å². The van der Waals surface area contributed by atoms with Crippen molar-refractivity contribution in [3.63, 3.8) is 0 Å². The molecule has 0 radical (unpaired) electrons. The number of H-pyrrole nitrogens is 1. The van der Waals surface area contributed by atoms with Crippen molar-refractivity contribution in [1.29, 1.82) is 0 Å². The molecule has 222 valence electrons. The van der Waals surface area contributed by atoms with E-state index in [4.69, 9.17) is 9.73 Å². The van der Waals surface area contributed by atoms with Gasteiger partial charge in [-0.3, -0.25) is 14.7 Å². The van der Waals surface area contributed by atoms with Gasteiger partial charge < -0.3 is 24.6 Å². The smallest absolute Gasteiger partial charge is 0.337 e. The number of carbonyl (C=O) groups is 2. The molecule has 0 bridgehead atoms. The predicted octanol–water partition coefficient (Wildman–Crippen LogP) is 4.30. The van der Waals surface area contributed by atoms with Crippen molar-refractivity contribution in [3.05, 3.63) is 101 Å². The molecule has 0 saturated carbocycles. The Morgan fingerprint density at radius 1 is 1.00 bits per heavy atom. The molecule has 1 fully saturated rings. The number of carbonyl (C=O) groups excluding carboxylic acids is 2. The Morgan fingerprint density at radius 2 is 1.74 bits per heavy atom. The Kier molecular flexibility index (Phi) is 10.7. The van der Waals surface area contributed by atoms with Crippen LogP contribution in [0.3, 0.4) is 0 Å². The Hall–Kier alpha value is -4.21. The second-order valence-electron chi connectivity index (χ2n) is 10.5. The van der Waals surface area contributed by atoms with Crippen LogP contribution in [0.25, 0.3) is 0 Å². The molecule has 1 aromatic carbocycles. The third-order valence-electron chi connectivity index (χ3n) is 7.71. The van der Waals surface area contributed by atoms with Crippen molar-refractivity contribution in [2.45, 2.75) is 26.2 Å². The van der Waals surface area contributed by atoms with Crippen LogP contribution in [0, 0.1) is 0 Å². The first kappa shape index (κ1) is 30.7. The molecule has 1 aliphatic heterocycles. The molecule has 2 aromatic rings. The Bertz CT molecular complexity index is 1420. The first-order valence-corrected chi connectivity index (χ1v) is 14.4. The molecular weight excluding hydrogens is 530 g/mol. The average molecular weight is 572 g/mol. The van der Waals surface area contributed by atoms with Crippen LogP contribution in [-0.2, 0) is 16.0 Å². The van der Waals surface area contributed by atoms with Crippen LogP contribution in [0.5, 0.6) is 5.88 Å². The van der Waals surface area contributed by atoms with Gasteiger partial charge in [0, 0.05) is 56.4 Å². The van der Waals surface area contributed by atoms with E-state index in [9.17, 15) is 14.7 Å². The SMILES string of the molecule is CCc1ccc(C(=O)OC)cc[nH]c(O)c1C(=NC1=CC=C(N(C)C(=O)CN2CCN(C)CC2)CC1)c1ccccc1. The minimum absolute atomic E-state index is 0.0663. The van der Waals surface area contributed by atoms with Crippen LogP contribution in [0.2, 0.25) is 0 Å². The summed E-state index contributed by atoms with van der Waals surface area (Å²) in [5, 5.41) is 11.2. The van der Waals surface area contributed by atoms with Gasteiger partial charge in [0.05, 0.1) is 30.5 Å². The van der Waals surface area contributed by atoms with Crippen molar-refractivity contribution in [3.8, 4) is 5.88 Å². The first-order chi connectivity index (χ1) is 20.3. The van der Waals surface area contributed by atoms with E-state index in [0.717, 1.165) is 48.7 Å². The third-order valence-corrected chi connectivity index (χ3v) is 7.71. The number of benzene rings is 1. The topological polar surface area (TPSA) is 101 Å². The molecule has 1 aromatic heterocycles. The van der Waals surface area contributed by atoms with Crippen LogP contribution in [-0.4, -0.2) is 96.3 Å². The number of allylic oxidation sites excluding steroid dienone is 4. The molecule has 42 heavy (non-hydrogen) atoms. The lowest BCUT2D eigenvalue weighted by Crippen LogP contribution is -2.48. The second-order valence-corrected chi connectivity index (χ2v) is 10.5. The maximum Gasteiger partial charge on any atom is 0.337 e. The number of methoxy groups -OCH3 is 1. The van der Waals surface area contributed by atoms with Crippen molar-refractivity contribution in [2.75, 3.05) is 53.9 Å². The fraction of sp³-hybridized carbons (Fsp3) is 0.364. The molecule has 9 nitrogen and oxygen atoms in total. The van der Waals surface area contributed by atoms with Gasteiger partial charge in [0.25, 0.3) is 0 Å². The fourth-order valence-corrected chi connectivity index (χ4v) is 5.03. The normalized spacial score (nSPS) is 16.2. The van der Waals surface area contributed by atoms with Crippen molar-refractivity contribution >= 4 is 17.6 Å². The molecule has 2 N–H and O–H groups in total. The van der Waals surface area contributed by atoms with Gasteiger partial charge in [0.1, 0.15) is 0 Å². The molecule has 0 spiro atoms. The second kappa shape index (κ2) is 14.6.